The molecule has 0 aliphatic carbocycles. The van der Waals surface area contributed by atoms with Crippen molar-refractivity contribution in [1.29, 1.82) is 0 Å². The van der Waals surface area contributed by atoms with Gasteiger partial charge in [0.05, 0.1) is 22.7 Å². The molecule has 0 atom stereocenters. The Labute approximate surface area is 105 Å². The highest BCUT2D eigenvalue weighted by Crippen LogP contribution is 2.23. The summed E-state index contributed by atoms with van der Waals surface area (Å²) in [6.45, 7) is 0.0671. The highest BCUT2D eigenvalue weighted by molar-refractivity contribution is 7.89. The fraction of sp³-hybridized carbons (Fsp3) is 0.300. The number of carboxylic acid groups (broad SMARTS) is 1. The molecule has 0 unspecified atom stereocenters. The van der Waals surface area contributed by atoms with Gasteiger partial charge in [-0.15, -0.1) is 0 Å². The number of carbonyl (C=O) groups is 1. The molecule has 100 valence electrons. The molecule has 1 rings (SSSR count). The van der Waals surface area contributed by atoms with E-state index in [9.17, 15) is 13.2 Å². The Hall–Kier alpha value is -1.80. The normalized spacial score (nSPS) is 11.2. The van der Waals surface area contributed by atoms with Crippen LogP contribution < -0.4 is 15.8 Å². The topological polar surface area (TPSA) is 122 Å². The first-order valence-corrected chi connectivity index (χ1v) is 6.79. The fourth-order valence-corrected chi connectivity index (χ4v) is 1.93. The van der Waals surface area contributed by atoms with Gasteiger partial charge in [0.25, 0.3) is 0 Å². The Kier molecular flexibility index (Phi) is 4.51. The highest BCUT2D eigenvalue weighted by atomic mass is 32.2. The summed E-state index contributed by atoms with van der Waals surface area (Å²) in [5.41, 5.74) is 6.16. The van der Waals surface area contributed by atoms with Gasteiger partial charge in [-0.3, -0.25) is 0 Å². The second-order valence-corrected chi connectivity index (χ2v) is 5.57. The lowest BCUT2D eigenvalue weighted by Gasteiger charge is -2.12. The van der Waals surface area contributed by atoms with Crippen LogP contribution in [0.4, 0.5) is 11.4 Å². The van der Waals surface area contributed by atoms with Crippen molar-refractivity contribution in [2.75, 3.05) is 30.4 Å². The highest BCUT2D eigenvalue weighted by Gasteiger charge is 2.13. The van der Waals surface area contributed by atoms with E-state index in [1.165, 1.54) is 19.2 Å². The Morgan fingerprint density at radius 2 is 2.11 bits per heavy atom. The van der Waals surface area contributed by atoms with E-state index in [1.54, 1.807) is 6.07 Å². The van der Waals surface area contributed by atoms with Crippen molar-refractivity contribution in [3.05, 3.63) is 23.8 Å². The largest absolute Gasteiger partial charge is 0.478 e. The second kappa shape index (κ2) is 5.69. The number of nitrogens with two attached hydrogens (primary N) is 1. The van der Waals surface area contributed by atoms with E-state index in [2.05, 4.69) is 10.0 Å². The number of nitrogen functional groups attached to an aromatic ring is 1. The minimum atomic E-state index is -3.34. The lowest BCUT2D eigenvalue weighted by atomic mass is 10.1. The molecule has 7 nitrogen and oxygen atoms in total. The summed E-state index contributed by atoms with van der Waals surface area (Å²) in [7, 11) is -2.02. The van der Waals surface area contributed by atoms with Crippen LogP contribution in [0.15, 0.2) is 18.2 Å². The van der Waals surface area contributed by atoms with Gasteiger partial charge in [-0.25, -0.2) is 17.9 Å². The van der Waals surface area contributed by atoms with Crippen LogP contribution in [0.25, 0.3) is 0 Å². The predicted octanol–water partition coefficient (Wildman–Crippen LogP) is -0.0719. The number of anilines is 2. The molecule has 0 aliphatic heterocycles. The number of para-hydroxylation sites is 1. The molecule has 8 heteroatoms. The van der Waals surface area contributed by atoms with E-state index in [4.69, 9.17) is 10.8 Å². The van der Waals surface area contributed by atoms with Crippen LogP contribution in [-0.4, -0.2) is 38.8 Å². The van der Waals surface area contributed by atoms with Crippen molar-refractivity contribution in [2.24, 2.45) is 0 Å². The number of carboxylic acids is 1. The first kappa shape index (κ1) is 14.3. The van der Waals surface area contributed by atoms with Gasteiger partial charge in [0.2, 0.25) is 10.0 Å². The van der Waals surface area contributed by atoms with Crippen LogP contribution in [0, 0.1) is 0 Å². The van der Waals surface area contributed by atoms with Gasteiger partial charge in [-0.2, -0.15) is 0 Å². The minimum absolute atomic E-state index is 0.0110. The van der Waals surface area contributed by atoms with Gasteiger partial charge in [-0.05, 0) is 19.2 Å². The molecule has 1 aromatic rings. The Morgan fingerprint density at radius 3 is 2.67 bits per heavy atom. The first-order chi connectivity index (χ1) is 8.37. The zero-order valence-corrected chi connectivity index (χ0v) is 10.6. The Morgan fingerprint density at radius 1 is 1.44 bits per heavy atom. The Balaban J connectivity index is 2.82. The van der Waals surface area contributed by atoms with Crippen molar-refractivity contribution in [3.63, 3.8) is 0 Å². The summed E-state index contributed by atoms with van der Waals surface area (Å²) >= 11 is 0. The third-order valence-electron chi connectivity index (χ3n) is 2.31. The molecule has 0 saturated heterocycles. The molecule has 0 fully saturated rings. The van der Waals surface area contributed by atoms with Gasteiger partial charge in [0, 0.05) is 6.54 Å². The van der Waals surface area contributed by atoms with Gasteiger partial charge in [-0.1, -0.05) is 6.07 Å². The van der Waals surface area contributed by atoms with Crippen LogP contribution in [0.1, 0.15) is 10.4 Å². The quantitative estimate of drug-likeness (QED) is 0.538. The predicted molar refractivity (Wildman–Crippen MR) is 69.1 cm³/mol. The van der Waals surface area contributed by atoms with Gasteiger partial charge in [0.1, 0.15) is 0 Å². The molecule has 18 heavy (non-hydrogen) atoms. The van der Waals surface area contributed by atoms with Crippen molar-refractivity contribution < 1.29 is 18.3 Å². The summed E-state index contributed by atoms with van der Waals surface area (Å²) in [6, 6.07) is 4.46. The SMILES string of the molecule is CNS(=O)(=O)CCNc1c(N)cccc1C(=O)O. The number of aromatic carboxylic acids is 1. The number of hydrogen-bond acceptors (Lipinski definition) is 5. The van der Waals surface area contributed by atoms with Crippen LogP contribution >= 0.6 is 0 Å². The number of hydrogen-bond donors (Lipinski definition) is 4. The summed E-state index contributed by atoms with van der Waals surface area (Å²) in [5, 5.41) is 11.7. The third-order valence-corrected chi connectivity index (χ3v) is 3.67. The van der Waals surface area contributed by atoms with E-state index in [0.717, 1.165) is 0 Å². The van der Waals surface area contributed by atoms with E-state index < -0.39 is 16.0 Å². The number of nitrogens with one attached hydrogen (secondary N) is 2. The van der Waals surface area contributed by atoms with E-state index in [0.29, 0.717) is 0 Å². The van der Waals surface area contributed by atoms with Crippen LogP contribution in [0.3, 0.4) is 0 Å². The Bertz CT molecular complexity index is 542. The van der Waals surface area contributed by atoms with Crippen LogP contribution in [0.5, 0.6) is 0 Å². The van der Waals surface area contributed by atoms with E-state index in [1.807, 2.05) is 0 Å². The lowest BCUT2D eigenvalue weighted by Crippen LogP contribution is -2.26. The summed E-state index contributed by atoms with van der Waals surface area (Å²) in [4.78, 5) is 11.0. The van der Waals surface area contributed by atoms with Gasteiger partial charge >= 0.3 is 5.97 Å². The first-order valence-electron chi connectivity index (χ1n) is 5.14. The number of rotatable bonds is 6. The molecule has 5 N–H and O–H groups in total. The number of sulfonamides is 1. The zero-order valence-electron chi connectivity index (χ0n) is 9.80. The van der Waals surface area contributed by atoms with Crippen molar-refractivity contribution in [3.8, 4) is 0 Å². The lowest BCUT2D eigenvalue weighted by molar-refractivity contribution is 0.0698. The zero-order chi connectivity index (χ0) is 13.8. The molecule has 0 spiro atoms. The maximum absolute atomic E-state index is 11.2. The molecule has 0 radical (unpaired) electrons. The van der Waals surface area contributed by atoms with Crippen LogP contribution in [-0.2, 0) is 10.0 Å². The number of benzene rings is 1. The summed E-state index contributed by atoms with van der Waals surface area (Å²) in [5.74, 6) is -1.29. The van der Waals surface area contributed by atoms with E-state index >= 15 is 0 Å². The second-order valence-electron chi connectivity index (χ2n) is 3.52. The molecule has 0 amide bonds. The summed E-state index contributed by atoms with van der Waals surface area (Å²) < 4.78 is 24.6. The van der Waals surface area contributed by atoms with Crippen LogP contribution in [0.2, 0.25) is 0 Å². The van der Waals surface area contributed by atoms with E-state index in [-0.39, 0.29) is 29.2 Å². The van der Waals surface area contributed by atoms with Crippen molar-refractivity contribution >= 4 is 27.4 Å². The molecule has 0 heterocycles. The minimum Gasteiger partial charge on any atom is -0.478 e. The summed E-state index contributed by atoms with van der Waals surface area (Å²) in [6.07, 6.45) is 0. The monoisotopic (exact) mass is 273 g/mol. The van der Waals surface area contributed by atoms with Crippen molar-refractivity contribution in [2.45, 2.75) is 0 Å². The van der Waals surface area contributed by atoms with Gasteiger partial charge in [0.15, 0.2) is 0 Å². The maximum atomic E-state index is 11.2. The molecular weight excluding hydrogens is 258 g/mol. The molecule has 0 bridgehead atoms. The molecule has 0 aliphatic rings. The molecule has 0 saturated carbocycles. The third kappa shape index (κ3) is 3.60. The van der Waals surface area contributed by atoms with Crippen molar-refractivity contribution in [1.82, 2.24) is 4.72 Å². The maximum Gasteiger partial charge on any atom is 0.337 e. The standard InChI is InChI=1S/C10H15N3O4S/c1-12-18(16,17)6-5-13-9-7(10(14)15)3-2-4-8(9)11/h2-4,12-13H,5-6,11H2,1H3,(H,14,15). The van der Waals surface area contributed by atoms with Gasteiger partial charge < -0.3 is 16.2 Å². The molecule has 0 aromatic heterocycles. The smallest absolute Gasteiger partial charge is 0.337 e. The average Bonchev–Trinajstić information content (AvgIpc) is 2.30. The molecular formula is C10H15N3O4S. The average molecular weight is 273 g/mol. The fourth-order valence-electron chi connectivity index (χ4n) is 1.36. The molecule has 1 aromatic carbocycles.